The molecule has 0 heterocycles. The number of aliphatic imine (C=N–C) groups is 1. The van der Waals surface area contributed by atoms with Gasteiger partial charge in [-0.25, -0.2) is 0 Å². The average Bonchev–Trinajstić information content (AvgIpc) is 2.25. The Labute approximate surface area is 88.5 Å². The van der Waals surface area contributed by atoms with Crippen molar-refractivity contribution in [1.82, 2.24) is 0 Å². The average molecular weight is 213 g/mol. The molecule has 1 saturated carbocycles. The number of esters is 1. The van der Waals surface area contributed by atoms with Crippen molar-refractivity contribution >= 4 is 17.5 Å². The summed E-state index contributed by atoms with van der Waals surface area (Å²) in [5, 5.41) is 0. The van der Waals surface area contributed by atoms with Crippen LogP contribution in [0.15, 0.2) is 4.99 Å². The van der Waals surface area contributed by atoms with Gasteiger partial charge in [-0.05, 0) is 12.8 Å². The SMILES string of the molecule is COC(=O)CN=C1CCCC(=O)C1OC. The summed E-state index contributed by atoms with van der Waals surface area (Å²) in [6.45, 7) is -0.0427. The van der Waals surface area contributed by atoms with Crippen LogP contribution in [0.2, 0.25) is 0 Å². The number of ketones is 1. The Morgan fingerprint density at radius 2 is 2.20 bits per heavy atom. The molecule has 0 aliphatic heterocycles. The van der Waals surface area contributed by atoms with Crippen LogP contribution in [0.25, 0.3) is 0 Å². The number of ether oxygens (including phenoxy) is 2. The lowest BCUT2D eigenvalue weighted by Crippen LogP contribution is -2.36. The van der Waals surface area contributed by atoms with E-state index >= 15 is 0 Å². The lowest BCUT2D eigenvalue weighted by Gasteiger charge is -2.21. The first kappa shape index (κ1) is 11.8. The van der Waals surface area contributed by atoms with Gasteiger partial charge in [0.15, 0.2) is 11.9 Å². The van der Waals surface area contributed by atoms with Gasteiger partial charge >= 0.3 is 5.97 Å². The second-order valence-corrected chi connectivity index (χ2v) is 3.32. The van der Waals surface area contributed by atoms with Gasteiger partial charge in [0.05, 0.1) is 7.11 Å². The standard InChI is InChI=1S/C10H15NO4/c1-14-9(13)6-11-7-4-3-5-8(12)10(7)15-2/h10H,3-6H2,1-2H3. The Kier molecular flexibility index (Phi) is 4.42. The Balaban J connectivity index is 2.65. The molecule has 0 N–H and O–H groups in total. The molecule has 1 fully saturated rings. The number of methoxy groups -OCH3 is 2. The minimum absolute atomic E-state index is 0.0346. The first-order chi connectivity index (χ1) is 7.19. The predicted molar refractivity (Wildman–Crippen MR) is 54.0 cm³/mol. The molecule has 5 nitrogen and oxygen atoms in total. The molecule has 0 amide bonds. The first-order valence-electron chi connectivity index (χ1n) is 4.84. The van der Waals surface area contributed by atoms with Crippen LogP contribution < -0.4 is 0 Å². The van der Waals surface area contributed by atoms with E-state index < -0.39 is 12.1 Å². The quantitative estimate of drug-likeness (QED) is 0.635. The molecule has 1 unspecified atom stereocenters. The van der Waals surface area contributed by atoms with Gasteiger partial charge in [-0.15, -0.1) is 0 Å². The summed E-state index contributed by atoms with van der Waals surface area (Å²) >= 11 is 0. The summed E-state index contributed by atoms with van der Waals surface area (Å²) in [7, 11) is 2.78. The van der Waals surface area contributed by atoms with Gasteiger partial charge in [-0.2, -0.15) is 0 Å². The number of rotatable bonds is 3. The highest BCUT2D eigenvalue weighted by Gasteiger charge is 2.27. The summed E-state index contributed by atoms with van der Waals surface area (Å²) in [6, 6.07) is 0. The molecule has 1 aliphatic carbocycles. The van der Waals surface area contributed by atoms with E-state index in [4.69, 9.17) is 4.74 Å². The summed E-state index contributed by atoms with van der Waals surface area (Å²) in [4.78, 5) is 26.4. The molecule has 0 saturated heterocycles. The number of carbonyl (C=O) groups excluding carboxylic acids is 2. The second kappa shape index (κ2) is 5.60. The van der Waals surface area contributed by atoms with E-state index in [0.717, 1.165) is 6.42 Å². The molecular weight excluding hydrogens is 198 g/mol. The van der Waals surface area contributed by atoms with E-state index in [1.165, 1.54) is 14.2 Å². The highest BCUT2D eigenvalue weighted by Crippen LogP contribution is 2.15. The van der Waals surface area contributed by atoms with Crippen molar-refractivity contribution in [1.29, 1.82) is 0 Å². The molecule has 1 rings (SSSR count). The van der Waals surface area contributed by atoms with Gasteiger partial charge in [0.25, 0.3) is 0 Å². The minimum Gasteiger partial charge on any atom is -0.468 e. The zero-order valence-electron chi connectivity index (χ0n) is 8.99. The summed E-state index contributed by atoms with van der Waals surface area (Å²) in [5.41, 5.74) is 0.652. The van der Waals surface area contributed by atoms with Crippen LogP contribution in [0, 0.1) is 0 Å². The Morgan fingerprint density at radius 3 is 2.80 bits per heavy atom. The highest BCUT2D eigenvalue weighted by molar-refractivity contribution is 6.10. The van der Waals surface area contributed by atoms with E-state index in [1.54, 1.807) is 0 Å². The van der Waals surface area contributed by atoms with Gasteiger partial charge in [0, 0.05) is 19.2 Å². The van der Waals surface area contributed by atoms with Crippen LogP contribution in [0.3, 0.4) is 0 Å². The molecule has 5 heteroatoms. The fourth-order valence-electron chi connectivity index (χ4n) is 1.55. The van der Waals surface area contributed by atoms with Gasteiger partial charge < -0.3 is 9.47 Å². The maximum Gasteiger partial charge on any atom is 0.327 e. The molecule has 0 aromatic rings. The topological polar surface area (TPSA) is 65.0 Å². The third-order valence-corrected chi connectivity index (χ3v) is 2.33. The van der Waals surface area contributed by atoms with Crippen LogP contribution in [0.5, 0.6) is 0 Å². The van der Waals surface area contributed by atoms with E-state index in [-0.39, 0.29) is 12.3 Å². The lowest BCUT2D eigenvalue weighted by molar-refractivity contribution is -0.138. The third-order valence-electron chi connectivity index (χ3n) is 2.33. The Hall–Kier alpha value is -1.23. The number of nitrogens with zero attached hydrogens (tertiary/aromatic N) is 1. The summed E-state index contributed by atoms with van der Waals surface area (Å²) in [5.74, 6) is -0.372. The number of hydrogen-bond donors (Lipinski definition) is 0. The fraction of sp³-hybridized carbons (Fsp3) is 0.700. The van der Waals surface area contributed by atoms with Crippen molar-refractivity contribution in [2.75, 3.05) is 20.8 Å². The zero-order valence-corrected chi connectivity index (χ0v) is 8.99. The minimum atomic E-state index is -0.566. The monoisotopic (exact) mass is 213 g/mol. The second-order valence-electron chi connectivity index (χ2n) is 3.32. The predicted octanol–water partition coefficient (Wildman–Crippen LogP) is 0.368. The zero-order chi connectivity index (χ0) is 11.3. The lowest BCUT2D eigenvalue weighted by atomic mass is 9.94. The molecule has 0 radical (unpaired) electrons. The van der Waals surface area contributed by atoms with Gasteiger partial charge in [0.1, 0.15) is 6.54 Å². The highest BCUT2D eigenvalue weighted by atomic mass is 16.5. The smallest absolute Gasteiger partial charge is 0.327 e. The van der Waals surface area contributed by atoms with Gasteiger partial charge in [0.2, 0.25) is 0 Å². The van der Waals surface area contributed by atoms with Gasteiger partial charge in [-0.1, -0.05) is 0 Å². The fourth-order valence-corrected chi connectivity index (χ4v) is 1.55. The normalized spacial score (nSPS) is 24.3. The molecule has 0 bridgehead atoms. The van der Waals surface area contributed by atoms with Crippen molar-refractivity contribution in [3.63, 3.8) is 0 Å². The first-order valence-corrected chi connectivity index (χ1v) is 4.84. The summed E-state index contributed by atoms with van der Waals surface area (Å²) in [6.07, 6.45) is 1.44. The van der Waals surface area contributed by atoms with Crippen molar-refractivity contribution in [3.05, 3.63) is 0 Å². The Bertz CT molecular complexity index is 285. The van der Waals surface area contributed by atoms with E-state index in [0.29, 0.717) is 18.6 Å². The van der Waals surface area contributed by atoms with Crippen molar-refractivity contribution < 1.29 is 19.1 Å². The molecule has 1 atom stereocenters. The molecule has 0 aromatic carbocycles. The Morgan fingerprint density at radius 1 is 1.47 bits per heavy atom. The van der Waals surface area contributed by atoms with Crippen LogP contribution in [-0.4, -0.2) is 44.3 Å². The number of Topliss-reactive ketones (excluding diaryl/α,β-unsaturated/α-hetero) is 1. The maximum atomic E-state index is 11.4. The summed E-state index contributed by atoms with van der Waals surface area (Å²) < 4.78 is 9.51. The molecule has 84 valence electrons. The third kappa shape index (κ3) is 3.13. The molecule has 1 aliphatic rings. The number of carbonyl (C=O) groups is 2. The van der Waals surface area contributed by atoms with Crippen molar-refractivity contribution in [2.45, 2.75) is 25.4 Å². The largest absolute Gasteiger partial charge is 0.468 e. The van der Waals surface area contributed by atoms with E-state index in [2.05, 4.69) is 9.73 Å². The van der Waals surface area contributed by atoms with E-state index in [9.17, 15) is 9.59 Å². The van der Waals surface area contributed by atoms with Crippen LogP contribution in [-0.2, 0) is 19.1 Å². The van der Waals surface area contributed by atoms with Gasteiger partial charge in [-0.3, -0.25) is 14.6 Å². The van der Waals surface area contributed by atoms with Crippen LogP contribution in [0.4, 0.5) is 0 Å². The molecular formula is C10H15NO4. The van der Waals surface area contributed by atoms with Crippen LogP contribution >= 0.6 is 0 Å². The molecule has 0 aromatic heterocycles. The van der Waals surface area contributed by atoms with Crippen molar-refractivity contribution in [2.24, 2.45) is 4.99 Å². The number of hydrogen-bond acceptors (Lipinski definition) is 5. The van der Waals surface area contributed by atoms with Crippen molar-refractivity contribution in [3.8, 4) is 0 Å². The molecule has 0 spiro atoms. The molecule has 15 heavy (non-hydrogen) atoms. The van der Waals surface area contributed by atoms with E-state index in [1.807, 2.05) is 0 Å². The van der Waals surface area contributed by atoms with Crippen LogP contribution in [0.1, 0.15) is 19.3 Å². The maximum absolute atomic E-state index is 11.4.